The summed E-state index contributed by atoms with van der Waals surface area (Å²) in [5.41, 5.74) is 2.72. The van der Waals surface area contributed by atoms with E-state index < -0.39 is 6.17 Å². The first kappa shape index (κ1) is 16.5. The van der Waals surface area contributed by atoms with Crippen molar-refractivity contribution in [3.8, 4) is 11.5 Å². The number of carbonyl (C=O) groups excluding carboxylic acids is 1. The average molecular weight is 379 g/mol. The SMILES string of the molecule is COc1cc(C2NC(=O)c3c(sc4c3CCC(C)C4)N2)cc(Cl)c1O. The van der Waals surface area contributed by atoms with Gasteiger partial charge < -0.3 is 20.5 Å². The van der Waals surface area contributed by atoms with Gasteiger partial charge in [-0.2, -0.15) is 0 Å². The fourth-order valence-electron chi connectivity index (χ4n) is 3.55. The summed E-state index contributed by atoms with van der Waals surface area (Å²) in [7, 11) is 1.47. The van der Waals surface area contributed by atoms with Crippen molar-refractivity contribution in [1.82, 2.24) is 5.32 Å². The normalized spacial score (nSPS) is 21.8. The Morgan fingerprint density at radius 1 is 1.36 bits per heavy atom. The first-order valence-electron chi connectivity index (χ1n) is 8.26. The van der Waals surface area contributed by atoms with Crippen molar-refractivity contribution in [1.29, 1.82) is 0 Å². The van der Waals surface area contributed by atoms with Gasteiger partial charge in [-0.25, -0.2) is 0 Å². The van der Waals surface area contributed by atoms with Crippen LogP contribution in [0.3, 0.4) is 0 Å². The summed E-state index contributed by atoms with van der Waals surface area (Å²) in [6.07, 6.45) is 2.70. The lowest BCUT2D eigenvalue weighted by atomic mass is 9.88. The molecular formula is C18H19ClN2O3S. The number of amides is 1. The Hall–Kier alpha value is -1.92. The highest BCUT2D eigenvalue weighted by Crippen LogP contribution is 2.43. The van der Waals surface area contributed by atoms with Crippen LogP contribution in [0.1, 0.15) is 45.9 Å². The summed E-state index contributed by atoms with van der Waals surface area (Å²) >= 11 is 7.76. The summed E-state index contributed by atoms with van der Waals surface area (Å²) < 4.78 is 5.16. The van der Waals surface area contributed by atoms with Crippen molar-refractivity contribution in [3.05, 3.63) is 38.7 Å². The van der Waals surface area contributed by atoms with E-state index in [4.69, 9.17) is 16.3 Å². The van der Waals surface area contributed by atoms with E-state index >= 15 is 0 Å². The molecule has 2 unspecified atom stereocenters. The first-order chi connectivity index (χ1) is 12.0. The Balaban J connectivity index is 1.71. The summed E-state index contributed by atoms with van der Waals surface area (Å²) in [6, 6.07) is 3.32. The van der Waals surface area contributed by atoms with Crippen LogP contribution in [0.5, 0.6) is 11.5 Å². The maximum absolute atomic E-state index is 12.7. The maximum atomic E-state index is 12.7. The van der Waals surface area contributed by atoms with E-state index in [1.54, 1.807) is 23.5 Å². The highest BCUT2D eigenvalue weighted by atomic mass is 35.5. The first-order valence-corrected chi connectivity index (χ1v) is 9.45. The van der Waals surface area contributed by atoms with Gasteiger partial charge in [0.1, 0.15) is 11.2 Å². The predicted molar refractivity (Wildman–Crippen MR) is 99.0 cm³/mol. The van der Waals surface area contributed by atoms with Crippen LogP contribution in [0, 0.1) is 5.92 Å². The van der Waals surface area contributed by atoms with E-state index in [9.17, 15) is 9.90 Å². The molecule has 1 aromatic heterocycles. The molecule has 2 heterocycles. The maximum Gasteiger partial charge on any atom is 0.256 e. The van der Waals surface area contributed by atoms with Gasteiger partial charge in [-0.3, -0.25) is 4.79 Å². The van der Waals surface area contributed by atoms with E-state index in [-0.39, 0.29) is 22.4 Å². The zero-order valence-corrected chi connectivity index (χ0v) is 15.6. The second-order valence-electron chi connectivity index (χ2n) is 6.66. The zero-order valence-electron chi connectivity index (χ0n) is 14.0. The molecule has 0 saturated heterocycles. The van der Waals surface area contributed by atoms with E-state index in [1.807, 2.05) is 0 Å². The van der Waals surface area contributed by atoms with Crippen LogP contribution in [-0.4, -0.2) is 18.1 Å². The van der Waals surface area contributed by atoms with Crippen molar-refractivity contribution in [2.75, 3.05) is 12.4 Å². The third-order valence-electron chi connectivity index (χ3n) is 4.89. The summed E-state index contributed by atoms with van der Waals surface area (Å²) in [5.74, 6) is 0.778. The van der Waals surface area contributed by atoms with Crippen LogP contribution >= 0.6 is 22.9 Å². The third-order valence-corrected chi connectivity index (χ3v) is 6.37. The molecule has 0 saturated carbocycles. The molecule has 2 aromatic rings. The Morgan fingerprint density at radius 2 is 2.16 bits per heavy atom. The highest BCUT2D eigenvalue weighted by Gasteiger charge is 2.33. The highest BCUT2D eigenvalue weighted by molar-refractivity contribution is 7.16. The topological polar surface area (TPSA) is 70.6 Å². The number of methoxy groups -OCH3 is 1. The van der Waals surface area contributed by atoms with Gasteiger partial charge in [0.05, 0.1) is 17.7 Å². The van der Waals surface area contributed by atoms with Gasteiger partial charge in [0.15, 0.2) is 11.5 Å². The van der Waals surface area contributed by atoms with Crippen LogP contribution in [0.15, 0.2) is 12.1 Å². The molecular weight excluding hydrogens is 360 g/mol. The molecule has 2 aliphatic rings. The zero-order chi connectivity index (χ0) is 17.7. The van der Waals surface area contributed by atoms with Gasteiger partial charge in [-0.05, 0) is 48.4 Å². The summed E-state index contributed by atoms with van der Waals surface area (Å²) in [6.45, 7) is 2.25. The molecule has 0 radical (unpaired) electrons. The fourth-order valence-corrected chi connectivity index (χ4v) is 5.20. The van der Waals surface area contributed by atoms with Crippen LogP contribution in [0.25, 0.3) is 0 Å². The second-order valence-corrected chi connectivity index (χ2v) is 8.17. The van der Waals surface area contributed by atoms with E-state index in [1.165, 1.54) is 17.6 Å². The third kappa shape index (κ3) is 2.73. The van der Waals surface area contributed by atoms with Gasteiger partial charge >= 0.3 is 0 Å². The number of anilines is 1. The van der Waals surface area contributed by atoms with Gasteiger partial charge in [-0.15, -0.1) is 11.3 Å². The van der Waals surface area contributed by atoms with Gasteiger partial charge in [-0.1, -0.05) is 18.5 Å². The minimum atomic E-state index is -0.412. The van der Waals surface area contributed by atoms with Crippen LogP contribution < -0.4 is 15.4 Å². The number of hydrogen-bond donors (Lipinski definition) is 3. The van der Waals surface area contributed by atoms with Gasteiger partial charge in [0.2, 0.25) is 0 Å². The number of hydrogen-bond acceptors (Lipinski definition) is 5. The molecule has 1 aliphatic heterocycles. The van der Waals surface area contributed by atoms with Crippen LogP contribution in [-0.2, 0) is 12.8 Å². The number of aromatic hydroxyl groups is 1. The number of phenolic OH excluding ortho intramolecular Hbond substituents is 1. The number of halogens is 1. The largest absolute Gasteiger partial charge is 0.503 e. The average Bonchev–Trinajstić information content (AvgIpc) is 2.94. The Labute approximate surface area is 155 Å². The molecule has 2 atom stereocenters. The lowest BCUT2D eigenvalue weighted by Gasteiger charge is -2.27. The molecule has 1 aliphatic carbocycles. The monoisotopic (exact) mass is 378 g/mol. The molecule has 25 heavy (non-hydrogen) atoms. The smallest absolute Gasteiger partial charge is 0.256 e. The Kier molecular flexibility index (Phi) is 4.04. The Morgan fingerprint density at radius 3 is 2.92 bits per heavy atom. The molecule has 0 fully saturated rings. The number of ether oxygens (including phenoxy) is 1. The molecule has 3 N–H and O–H groups in total. The van der Waals surface area contributed by atoms with Crippen molar-refractivity contribution in [3.63, 3.8) is 0 Å². The second kappa shape index (κ2) is 6.11. The molecule has 4 rings (SSSR count). The Bertz CT molecular complexity index is 864. The van der Waals surface area contributed by atoms with Crippen LogP contribution in [0.4, 0.5) is 5.00 Å². The molecule has 132 valence electrons. The minimum Gasteiger partial charge on any atom is -0.503 e. The molecule has 0 bridgehead atoms. The quantitative estimate of drug-likeness (QED) is 0.736. The van der Waals surface area contributed by atoms with E-state index in [2.05, 4.69) is 17.6 Å². The summed E-state index contributed by atoms with van der Waals surface area (Å²) in [4.78, 5) is 14.0. The number of fused-ring (bicyclic) bond motifs is 3. The van der Waals surface area contributed by atoms with Crippen molar-refractivity contribution in [2.45, 2.75) is 32.4 Å². The number of rotatable bonds is 2. The number of thiophene rings is 1. The van der Waals surface area contributed by atoms with Crippen molar-refractivity contribution in [2.24, 2.45) is 5.92 Å². The summed E-state index contributed by atoms with van der Waals surface area (Å²) in [5, 5.41) is 17.4. The van der Waals surface area contributed by atoms with Crippen molar-refractivity contribution < 1.29 is 14.6 Å². The van der Waals surface area contributed by atoms with Crippen molar-refractivity contribution >= 4 is 33.8 Å². The standard InChI is InChI=1S/C18H19ClN2O3S/c1-8-3-4-10-13(5-8)25-18-14(10)17(23)20-16(21-18)9-6-11(19)15(22)12(7-9)24-2/h6-8,16,21-22H,3-5H2,1-2H3,(H,20,23). The minimum absolute atomic E-state index is 0.0611. The number of carbonyl (C=O) groups is 1. The van der Waals surface area contributed by atoms with Gasteiger partial charge in [0.25, 0.3) is 5.91 Å². The van der Waals surface area contributed by atoms with Crippen LogP contribution in [0.2, 0.25) is 5.02 Å². The number of benzene rings is 1. The molecule has 1 amide bonds. The molecule has 7 heteroatoms. The predicted octanol–water partition coefficient (Wildman–Crippen LogP) is 4.09. The lowest BCUT2D eigenvalue weighted by molar-refractivity contribution is 0.0935. The molecule has 5 nitrogen and oxygen atoms in total. The fraction of sp³-hybridized carbons (Fsp3) is 0.389. The number of nitrogens with one attached hydrogen (secondary N) is 2. The molecule has 1 aromatic carbocycles. The lowest BCUT2D eigenvalue weighted by Crippen LogP contribution is -2.38. The van der Waals surface area contributed by atoms with E-state index in [0.29, 0.717) is 5.92 Å². The van der Waals surface area contributed by atoms with Gasteiger partial charge in [0, 0.05) is 4.88 Å². The number of phenols is 1. The molecule has 0 spiro atoms. The van der Waals surface area contributed by atoms with E-state index in [0.717, 1.165) is 35.4 Å².